The van der Waals surface area contributed by atoms with E-state index in [1.807, 2.05) is 0 Å². The number of esters is 1. The number of benzene rings is 1. The molecule has 1 aliphatic rings. The monoisotopic (exact) mass is 355 g/mol. The highest BCUT2D eigenvalue weighted by atomic mass is 35.5. The largest absolute Gasteiger partial charge is 0.451 e. The summed E-state index contributed by atoms with van der Waals surface area (Å²) < 4.78 is 18.7. The summed E-state index contributed by atoms with van der Waals surface area (Å²) in [7, 11) is 0. The Hall–Kier alpha value is -1.99. The van der Waals surface area contributed by atoms with E-state index >= 15 is 0 Å². The number of amides is 2. The average Bonchev–Trinajstić information content (AvgIpc) is 3.08. The van der Waals surface area contributed by atoms with Crippen LogP contribution in [0.1, 0.15) is 22.5 Å². The Morgan fingerprint density at radius 2 is 2.17 bits per heavy atom. The van der Waals surface area contributed by atoms with E-state index in [9.17, 15) is 18.8 Å². The first-order valence-electron chi connectivity index (χ1n) is 6.85. The molecule has 2 amide bonds. The van der Waals surface area contributed by atoms with Crippen LogP contribution in [0.2, 0.25) is 5.02 Å². The highest BCUT2D eigenvalue weighted by molar-refractivity contribution is 7.21. The van der Waals surface area contributed by atoms with Crippen molar-refractivity contribution in [2.75, 3.05) is 13.2 Å². The van der Waals surface area contributed by atoms with Crippen molar-refractivity contribution in [1.82, 2.24) is 4.90 Å². The molecular weight excluding hydrogens is 345 g/mol. The molecule has 2 aromatic rings. The fourth-order valence-electron chi connectivity index (χ4n) is 2.35. The second-order valence-corrected chi connectivity index (χ2v) is 6.43. The molecule has 1 saturated heterocycles. The number of halogens is 2. The van der Waals surface area contributed by atoms with Crippen molar-refractivity contribution in [3.8, 4) is 0 Å². The molecule has 2 heterocycles. The van der Waals surface area contributed by atoms with Gasteiger partial charge in [0.15, 0.2) is 6.61 Å². The zero-order valence-corrected chi connectivity index (χ0v) is 13.4. The summed E-state index contributed by atoms with van der Waals surface area (Å²) in [6, 6.07) is 4.00. The Bertz CT molecular complexity index is 819. The van der Waals surface area contributed by atoms with Crippen LogP contribution < -0.4 is 0 Å². The zero-order valence-electron chi connectivity index (χ0n) is 11.8. The third-order valence-corrected chi connectivity index (χ3v) is 5.12. The van der Waals surface area contributed by atoms with Gasteiger partial charge in [-0.15, -0.1) is 11.3 Å². The zero-order chi connectivity index (χ0) is 16.6. The molecule has 0 atom stereocenters. The SMILES string of the molecule is O=C(OCC(=O)N1CCCC1=O)c1sc2cc(F)ccc2c1Cl. The lowest BCUT2D eigenvalue weighted by Crippen LogP contribution is -2.35. The summed E-state index contributed by atoms with van der Waals surface area (Å²) in [6.45, 7) is -0.179. The predicted molar refractivity (Wildman–Crippen MR) is 83.0 cm³/mol. The summed E-state index contributed by atoms with van der Waals surface area (Å²) in [4.78, 5) is 36.5. The molecule has 0 spiro atoms. The molecule has 1 aliphatic heterocycles. The second-order valence-electron chi connectivity index (χ2n) is 5.00. The summed E-state index contributed by atoms with van der Waals surface area (Å²) in [5, 5.41) is 0.714. The number of rotatable bonds is 3. The Labute approximate surface area is 139 Å². The van der Waals surface area contributed by atoms with E-state index in [0.29, 0.717) is 29.5 Å². The fraction of sp³-hybridized carbons (Fsp3) is 0.267. The average molecular weight is 356 g/mol. The smallest absolute Gasteiger partial charge is 0.350 e. The van der Waals surface area contributed by atoms with Crippen LogP contribution in [0.25, 0.3) is 10.1 Å². The number of fused-ring (bicyclic) bond motifs is 1. The maximum absolute atomic E-state index is 13.2. The van der Waals surface area contributed by atoms with Crippen molar-refractivity contribution < 1.29 is 23.5 Å². The predicted octanol–water partition coefficient (Wildman–Crippen LogP) is 3.00. The van der Waals surface area contributed by atoms with Crippen LogP contribution in [0.4, 0.5) is 4.39 Å². The molecule has 1 fully saturated rings. The van der Waals surface area contributed by atoms with Crippen LogP contribution in [0, 0.1) is 5.82 Å². The van der Waals surface area contributed by atoms with Gasteiger partial charge in [-0.1, -0.05) is 11.6 Å². The first-order valence-corrected chi connectivity index (χ1v) is 8.04. The molecule has 1 aromatic heterocycles. The van der Waals surface area contributed by atoms with Gasteiger partial charge in [0, 0.05) is 23.1 Å². The van der Waals surface area contributed by atoms with E-state index < -0.39 is 24.3 Å². The van der Waals surface area contributed by atoms with Gasteiger partial charge in [-0.05, 0) is 24.6 Å². The minimum absolute atomic E-state index is 0.104. The minimum Gasteiger partial charge on any atom is -0.451 e. The first kappa shape index (κ1) is 15.9. The van der Waals surface area contributed by atoms with Crippen LogP contribution in [0.5, 0.6) is 0 Å². The van der Waals surface area contributed by atoms with Gasteiger partial charge in [0.25, 0.3) is 5.91 Å². The molecule has 0 radical (unpaired) electrons. The number of likely N-dealkylation sites (tertiary alicyclic amines) is 1. The third kappa shape index (κ3) is 3.07. The van der Waals surface area contributed by atoms with Crippen molar-refractivity contribution in [1.29, 1.82) is 0 Å². The topological polar surface area (TPSA) is 63.7 Å². The van der Waals surface area contributed by atoms with Crippen LogP contribution in [0.15, 0.2) is 18.2 Å². The van der Waals surface area contributed by atoms with E-state index in [0.717, 1.165) is 16.2 Å². The number of ether oxygens (including phenoxy) is 1. The standard InChI is InChI=1S/C15H11ClFNO4S/c16-13-9-4-3-8(17)6-10(9)23-14(13)15(21)22-7-12(20)18-5-1-2-11(18)19/h3-4,6H,1-2,5,7H2. The summed E-state index contributed by atoms with van der Waals surface area (Å²) >= 11 is 7.10. The number of carbonyl (C=O) groups is 3. The molecule has 120 valence electrons. The number of hydrogen-bond donors (Lipinski definition) is 0. The molecule has 0 aliphatic carbocycles. The van der Waals surface area contributed by atoms with Gasteiger partial charge in [0.2, 0.25) is 5.91 Å². The van der Waals surface area contributed by atoms with E-state index in [1.54, 1.807) is 0 Å². The summed E-state index contributed by atoms with van der Waals surface area (Å²) in [5.41, 5.74) is 0. The van der Waals surface area contributed by atoms with E-state index in [2.05, 4.69) is 0 Å². The fourth-order valence-corrected chi connectivity index (χ4v) is 3.78. The molecular formula is C15H11ClFNO4S. The van der Waals surface area contributed by atoms with Crippen LogP contribution in [-0.4, -0.2) is 35.8 Å². The van der Waals surface area contributed by atoms with Crippen molar-refractivity contribution >= 4 is 50.8 Å². The van der Waals surface area contributed by atoms with Gasteiger partial charge in [-0.25, -0.2) is 9.18 Å². The lowest BCUT2D eigenvalue weighted by Gasteiger charge is -2.13. The van der Waals surface area contributed by atoms with Crippen molar-refractivity contribution in [2.24, 2.45) is 0 Å². The Kier molecular flexibility index (Phi) is 4.32. The molecule has 0 bridgehead atoms. The highest BCUT2D eigenvalue weighted by Gasteiger charge is 2.27. The van der Waals surface area contributed by atoms with E-state index in [-0.39, 0.29) is 15.8 Å². The van der Waals surface area contributed by atoms with Gasteiger partial charge in [-0.3, -0.25) is 14.5 Å². The van der Waals surface area contributed by atoms with Gasteiger partial charge in [0.1, 0.15) is 10.7 Å². The summed E-state index contributed by atoms with van der Waals surface area (Å²) in [5.74, 6) is -2.01. The highest BCUT2D eigenvalue weighted by Crippen LogP contribution is 2.36. The quantitative estimate of drug-likeness (QED) is 0.794. The molecule has 23 heavy (non-hydrogen) atoms. The van der Waals surface area contributed by atoms with Crippen molar-refractivity contribution in [3.63, 3.8) is 0 Å². The third-order valence-electron chi connectivity index (χ3n) is 3.48. The minimum atomic E-state index is -0.767. The lowest BCUT2D eigenvalue weighted by atomic mass is 10.2. The molecule has 0 unspecified atom stereocenters. The summed E-state index contributed by atoms with van der Waals surface area (Å²) in [6.07, 6.45) is 0.944. The molecule has 3 rings (SSSR count). The van der Waals surface area contributed by atoms with Gasteiger partial charge in [0.05, 0.1) is 5.02 Å². The maximum Gasteiger partial charge on any atom is 0.350 e. The Morgan fingerprint density at radius 1 is 1.39 bits per heavy atom. The Morgan fingerprint density at radius 3 is 2.87 bits per heavy atom. The number of nitrogens with zero attached hydrogens (tertiary/aromatic N) is 1. The number of imide groups is 1. The van der Waals surface area contributed by atoms with E-state index in [4.69, 9.17) is 16.3 Å². The van der Waals surface area contributed by atoms with Crippen molar-refractivity contribution in [3.05, 3.63) is 33.9 Å². The number of thiophene rings is 1. The van der Waals surface area contributed by atoms with Gasteiger partial charge < -0.3 is 4.74 Å². The lowest BCUT2D eigenvalue weighted by molar-refractivity contribution is -0.143. The van der Waals surface area contributed by atoms with E-state index in [1.165, 1.54) is 18.2 Å². The molecule has 0 N–H and O–H groups in total. The molecule has 5 nitrogen and oxygen atoms in total. The van der Waals surface area contributed by atoms with Gasteiger partial charge >= 0.3 is 5.97 Å². The number of hydrogen-bond acceptors (Lipinski definition) is 5. The Balaban J connectivity index is 1.72. The first-order chi connectivity index (χ1) is 11.0. The van der Waals surface area contributed by atoms with Gasteiger partial charge in [-0.2, -0.15) is 0 Å². The van der Waals surface area contributed by atoms with Crippen molar-refractivity contribution in [2.45, 2.75) is 12.8 Å². The molecule has 0 saturated carbocycles. The number of carbonyl (C=O) groups excluding carboxylic acids is 3. The normalized spacial score (nSPS) is 14.5. The van der Waals surface area contributed by atoms with Crippen LogP contribution >= 0.6 is 22.9 Å². The maximum atomic E-state index is 13.2. The second kappa shape index (κ2) is 6.25. The van der Waals surface area contributed by atoms with Crippen LogP contribution in [0.3, 0.4) is 0 Å². The van der Waals surface area contributed by atoms with Crippen LogP contribution in [-0.2, 0) is 14.3 Å². The molecule has 8 heteroatoms. The molecule has 1 aromatic carbocycles.